The van der Waals surface area contributed by atoms with Gasteiger partial charge in [-0.2, -0.15) is 0 Å². The summed E-state index contributed by atoms with van der Waals surface area (Å²) in [5.74, 6) is 0. The van der Waals surface area contributed by atoms with Crippen molar-refractivity contribution in [2.45, 2.75) is 52.4 Å². The number of rotatable bonds is 0. The summed E-state index contributed by atoms with van der Waals surface area (Å²) in [4.78, 5) is 4.62. The van der Waals surface area contributed by atoms with Gasteiger partial charge in [-0.05, 0) is 22.5 Å². The molecule has 2 rings (SSSR count). The van der Waals surface area contributed by atoms with E-state index in [9.17, 15) is 0 Å². The van der Waals surface area contributed by atoms with Gasteiger partial charge >= 0.3 is 0 Å². The van der Waals surface area contributed by atoms with E-state index in [0.29, 0.717) is 0 Å². The van der Waals surface area contributed by atoms with E-state index in [1.807, 2.05) is 6.20 Å². The van der Waals surface area contributed by atoms with Crippen molar-refractivity contribution in [1.29, 1.82) is 0 Å². The highest BCUT2D eigenvalue weighted by atomic mass is 32.1. The van der Waals surface area contributed by atoms with Gasteiger partial charge in [-0.3, -0.25) is 4.98 Å². The molecule has 2 heterocycles. The standard InChI is InChI=1S/C13H19N3S/c1-12(2,3)8-7-14-11(13(4,5)6)9-10(8)17-16-15-9/h7H,1-6H3. The third-order valence-electron chi connectivity index (χ3n) is 2.80. The summed E-state index contributed by atoms with van der Waals surface area (Å²) in [6, 6.07) is 0. The highest BCUT2D eigenvalue weighted by Gasteiger charge is 2.26. The molecule has 0 aromatic carbocycles. The van der Waals surface area contributed by atoms with Crippen LogP contribution in [0.1, 0.15) is 52.8 Å². The Hall–Kier alpha value is -1.03. The summed E-state index contributed by atoms with van der Waals surface area (Å²) >= 11 is 1.47. The molecule has 0 saturated heterocycles. The van der Waals surface area contributed by atoms with Gasteiger partial charge in [0.25, 0.3) is 0 Å². The highest BCUT2D eigenvalue weighted by molar-refractivity contribution is 7.13. The van der Waals surface area contributed by atoms with Gasteiger partial charge in [-0.15, -0.1) is 5.10 Å². The minimum Gasteiger partial charge on any atom is -0.258 e. The fraction of sp³-hybridized carbons (Fsp3) is 0.615. The lowest BCUT2D eigenvalue weighted by Crippen LogP contribution is -2.17. The molecule has 0 N–H and O–H groups in total. The predicted molar refractivity (Wildman–Crippen MR) is 72.6 cm³/mol. The number of aromatic nitrogens is 3. The van der Waals surface area contributed by atoms with E-state index in [4.69, 9.17) is 0 Å². The summed E-state index contributed by atoms with van der Waals surface area (Å²) in [5.41, 5.74) is 3.32. The smallest absolute Gasteiger partial charge is 0.128 e. The topological polar surface area (TPSA) is 38.7 Å². The van der Waals surface area contributed by atoms with E-state index in [1.54, 1.807) is 0 Å². The highest BCUT2D eigenvalue weighted by Crippen LogP contribution is 2.35. The molecule has 0 aliphatic rings. The fourth-order valence-corrected chi connectivity index (χ4v) is 2.74. The van der Waals surface area contributed by atoms with Crippen LogP contribution in [0.4, 0.5) is 0 Å². The quantitative estimate of drug-likeness (QED) is 0.715. The van der Waals surface area contributed by atoms with E-state index >= 15 is 0 Å². The minimum absolute atomic E-state index is 0.00438. The fourth-order valence-electron chi connectivity index (χ4n) is 1.85. The van der Waals surface area contributed by atoms with Crippen LogP contribution in [0.5, 0.6) is 0 Å². The maximum atomic E-state index is 4.62. The lowest BCUT2D eigenvalue weighted by molar-refractivity contribution is 0.565. The lowest BCUT2D eigenvalue weighted by atomic mass is 9.85. The van der Waals surface area contributed by atoms with Gasteiger partial charge in [0.1, 0.15) is 5.52 Å². The number of pyridine rings is 1. The molecule has 3 nitrogen and oxygen atoms in total. The molecule has 0 aliphatic carbocycles. The first-order valence-corrected chi connectivity index (χ1v) is 6.60. The second kappa shape index (κ2) is 3.73. The largest absolute Gasteiger partial charge is 0.258 e. The van der Waals surface area contributed by atoms with Crippen LogP contribution in [0.2, 0.25) is 0 Å². The van der Waals surface area contributed by atoms with Crippen molar-refractivity contribution in [3.8, 4) is 0 Å². The zero-order chi connectivity index (χ0) is 12.8. The molecule has 4 heteroatoms. The third-order valence-corrected chi connectivity index (χ3v) is 3.56. The van der Waals surface area contributed by atoms with Gasteiger partial charge in [-0.25, -0.2) is 0 Å². The molecule has 0 saturated carbocycles. The summed E-state index contributed by atoms with van der Waals surface area (Å²) < 4.78 is 5.28. The first-order valence-electron chi connectivity index (χ1n) is 5.83. The zero-order valence-electron chi connectivity index (χ0n) is 11.3. The first kappa shape index (κ1) is 12.4. The second-order valence-corrected chi connectivity index (χ2v) is 7.23. The van der Waals surface area contributed by atoms with Crippen LogP contribution in [-0.2, 0) is 10.8 Å². The van der Waals surface area contributed by atoms with Crippen molar-refractivity contribution in [2.24, 2.45) is 0 Å². The van der Waals surface area contributed by atoms with E-state index in [2.05, 4.69) is 56.1 Å². The first-order chi connectivity index (χ1) is 7.71. The van der Waals surface area contributed by atoms with Crippen molar-refractivity contribution < 1.29 is 0 Å². The van der Waals surface area contributed by atoms with Crippen molar-refractivity contribution in [3.05, 3.63) is 17.5 Å². The van der Waals surface area contributed by atoms with Gasteiger partial charge in [0, 0.05) is 11.6 Å². The Kier molecular flexibility index (Phi) is 2.73. The van der Waals surface area contributed by atoms with Gasteiger partial charge in [0.05, 0.1) is 10.4 Å². The Morgan fingerprint density at radius 2 is 1.65 bits per heavy atom. The summed E-state index contributed by atoms with van der Waals surface area (Å²) in [6.07, 6.45) is 1.99. The van der Waals surface area contributed by atoms with Crippen molar-refractivity contribution in [1.82, 2.24) is 14.6 Å². The average Bonchev–Trinajstić information content (AvgIpc) is 2.60. The molecule has 2 aromatic rings. The number of nitrogens with zero attached hydrogens (tertiary/aromatic N) is 3. The molecule has 0 unspecified atom stereocenters. The van der Waals surface area contributed by atoms with E-state index < -0.39 is 0 Å². The van der Waals surface area contributed by atoms with Gasteiger partial charge in [0.15, 0.2) is 0 Å². The Balaban J connectivity index is 2.76. The molecular weight excluding hydrogens is 230 g/mol. The molecule has 2 aromatic heterocycles. The van der Waals surface area contributed by atoms with Gasteiger partial charge in [-0.1, -0.05) is 46.0 Å². The molecule has 0 spiro atoms. The van der Waals surface area contributed by atoms with Crippen LogP contribution in [0.15, 0.2) is 6.20 Å². The maximum Gasteiger partial charge on any atom is 0.128 e. The molecule has 0 radical (unpaired) electrons. The van der Waals surface area contributed by atoms with E-state index in [0.717, 1.165) is 11.2 Å². The Labute approximate surface area is 106 Å². The van der Waals surface area contributed by atoms with Crippen LogP contribution in [0.25, 0.3) is 10.2 Å². The van der Waals surface area contributed by atoms with Crippen molar-refractivity contribution >= 4 is 21.7 Å². The summed E-state index contributed by atoms with van der Waals surface area (Å²) in [7, 11) is 0. The molecule has 0 fully saturated rings. The number of fused-ring (bicyclic) bond motifs is 1. The summed E-state index contributed by atoms with van der Waals surface area (Å²) in [6.45, 7) is 13.1. The molecule has 0 aliphatic heterocycles. The third kappa shape index (κ3) is 2.18. The molecular formula is C13H19N3S. The number of hydrogen-bond acceptors (Lipinski definition) is 4. The monoisotopic (exact) mass is 249 g/mol. The van der Waals surface area contributed by atoms with Crippen LogP contribution >= 0.6 is 11.5 Å². The molecule has 0 bridgehead atoms. The van der Waals surface area contributed by atoms with E-state index in [1.165, 1.54) is 21.8 Å². The van der Waals surface area contributed by atoms with Crippen molar-refractivity contribution in [3.63, 3.8) is 0 Å². The normalized spacial score (nSPS) is 13.3. The predicted octanol–water partition coefficient (Wildman–Crippen LogP) is 3.68. The lowest BCUT2D eigenvalue weighted by Gasteiger charge is -2.22. The SMILES string of the molecule is CC(C)(C)c1ncc(C(C)(C)C)c2snnc12. The Morgan fingerprint density at radius 3 is 2.18 bits per heavy atom. The minimum atomic E-state index is 0.00438. The van der Waals surface area contributed by atoms with Gasteiger partial charge < -0.3 is 0 Å². The van der Waals surface area contributed by atoms with Crippen LogP contribution in [0, 0.1) is 0 Å². The molecule has 92 valence electrons. The second-order valence-electron chi connectivity index (χ2n) is 6.47. The van der Waals surface area contributed by atoms with Crippen molar-refractivity contribution in [2.75, 3.05) is 0 Å². The Morgan fingerprint density at radius 1 is 1.00 bits per heavy atom. The average molecular weight is 249 g/mol. The summed E-state index contributed by atoms with van der Waals surface area (Å²) in [5, 5.41) is 4.27. The molecule has 0 amide bonds. The van der Waals surface area contributed by atoms with Crippen LogP contribution in [-0.4, -0.2) is 14.6 Å². The van der Waals surface area contributed by atoms with Crippen LogP contribution < -0.4 is 0 Å². The zero-order valence-corrected chi connectivity index (χ0v) is 12.1. The van der Waals surface area contributed by atoms with Gasteiger partial charge in [0.2, 0.25) is 0 Å². The maximum absolute atomic E-state index is 4.62. The number of hydrogen-bond donors (Lipinski definition) is 0. The Bertz CT molecular complexity index is 496. The van der Waals surface area contributed by atoms with Crippen LogP contribution in [0.3, 0.4) is 0 Å². The van der Waals surface area contributed by atoms with E-state index in [-0.39, 0.29) is 10.8 Å². The molecule has 0 atom stereocenters. The molecule has 17 heavy (non-hydrogen) atoms.